The van der Waals surface area contributed by atoms with Crippen molar-refractivity contribution in [3.8, 4) is 11.8 Å². The van der Waals surface area contributed by atoms with Crippen LogP contribution in [0, 0.1) is 35.0 Å². The first-order chi connectivity index (χ1) is 12.7. The van der Waals surface area contributed by atoms with Crippen LogP contribution in [0.5, 0.6) is 0 Å². The zero-order valence-electron chi connectivity index (χ0n) is 17.3. The van der Waals surface area contributed by atoms with Crippen molar-refractivity contribution in [2.75, 3.05) is 0 Å². The molecule has 0 aromatic heterocycles. The van der Waals surface area contributed by atoms with Gasteiger partial charge in [0.1, 0.15) is 5.78 Å². The number of carbonyl (C=O) groups is 2. The standard InChI is InChI=1S/C23H36O4/c1-5-6-15-23(3,4)21(25)14-13-18-17(2)16-20(24)19(18)11-9-7-8-10-12-22(26)27/h13-14,17-19,21,25H,7-12,15-16H2,1-4H3,(H,26,27)/t17-,18+,19-,21-/m1/s1. The lowest BCUT2D eigenvalue weighted by atomic mass is 9.81. The molecular formula is C23H36O4. The van der Waals surface area contributed by atoms with E-state index in [1.54, 1.807) is 6.92 Å². The third kappa shape index (κ3) is 7.89. The van der Waals surface area contributed by atoms with Gasteiger partial charge in [0.2, 0.25) is 0 Å². The summed E-state index contributed by atoms with van der Waals surface area (Å²) in [5.74, 6) is 6.01. The Bertz CT molecular complexity index is 579. The molecule has 0 aromatic carbocycles. The highest BCUT2D eigenvalue weighted by Crippen LogP contribution is 2.39. The summed E-state index contributed by atoms with van der Waals surface area (Å²) in [6.45, 7) is 7.92. The molecule has 152 valence electrons. The van der Waals surface area contributed by atoms with E-state index in [4.69, 9.17) is 5.11 Å². The van der Waals surface area contributed by atoms with E-state index in [0.29, 0.717) is 31.0 Å². The van der Waals surface area contributed by atoms with Crippen LogP contribution < -0.4 is 0 Å². The first-order valence-electron chi connectivity index (χ1n) is 10.2. The smallest absolute Gasteiger partial charge is 0.303 e. The largest absolute Gasteiger partial charge is 0.481 e. The number of hydrogen-bond donors (Lipinski definition) is 2. The molecule has 1 rings (SSSR count). The Morgan fingerprint density at radius 2 is 1.96 bits per heavy atom. The number of aliphatic hydroxyl groups excluding tert-OH is 1. The molecular weight excluding hydrogens is 340 g/mol. The van der Waals surface area contributed by atoms with E-state index < -0.39 is 12.1 Å². The van der Waals surface area contributed by atoms with Crippen LogP contribution >= 0.6 is 0 Å². The third-order valence-corrected chi connectivity index (χ3v) is 5.75. The van der Waals surface area contributed by atoms with Crippen LogP contribution in [-0.4, -0.2) is 28.1 Å². The highest BCUT2D eigenvalue weighted by molar-refractivity contribution is 5.84. The second-order valence-electron chi connectivity index (χ2n) is 8.60. The Balaban J connectivity index is 2.58. The van der Waals surface area contributed by atoms with Crippen molar-refractivity contribution in [1.29, 1.82) is 0 Å². The topological polar surface area (TPSA) is 74.6 Å². The molecule has 4 atom stereocenters. The number of rotatable bonds is 11. The van der Waals surface area contributed by atoms with Crippen molar-refractivity contribution in [3.63, 3.8) is 0 Å². The van der Waals surface area contributed by atoms with Crippen molar-refractivity contribution >= 4 is 11.8 Å². The van der Waals surface area contributed by atoms with Crippen LogP contribution in [0.4, 0.5) is 0 Å². The van der Waals surface area contributed by atoms with Crippen LogP contribution in [0.1, 0.15) is 79.1 Å². The van der Waals surface area contributed by atoms with Gasteiger partial charge in [-0.3, -0.25) is 9.59 Å². The highest BCUT2D eigenvalue weighted by atomic mass is 16.4. The summed E-state index contributed by atoms with van der Waals surface area (Å²) in [4.78, 5) is 22.9. The molecule has 1 saturated carbocycles. The summed E-state index contributed by atoms with van der Waals surface area (Å²) in [6.07, 6.45) is 9.16. The fourth-order valence-corrected chi connectivity index (χ4v) is 3.80. The molecule has 0 bridgehead atoms. The van der Waals surface area contributed by atoms with Crippen LogP contribution in [0.3, 0.4) is 0 Å². The lowest BCUT2D eigenvalue weighted by molar-refractivity contribution is -0.137. The number of allylic oxidation sites excluding steroid dienone is 1. The Morgan fingerprint density at radius 3 is 2.59 bits per heavy atom. The molecule has 0 aliphatic heterocycles. The van der Waals surface area contributed by atoms with Crippen molar-refractivity contribution < 1.29 is 19.8 Å². The summed E-state index contributed by atoms with van der Waals surface area (Å²) < 4.78 is 0. The average Bonchev–Trinajstić information content (AvgIpc) is 2.86. The van der Waals surface area contributed by atoms with E-state index in [-0.39, 0.29) is 23.7 Å². The molecule has 1 aliphatic carbocycles. The van der Waals surface area contributed by atoms with Crippen molar-refractivity contribution in [2.24, 2.45) is 23.2 Å². The van der Waals surface area contributed by atoms with E-state index >= 15 is 0 Å². The van der Waals surface area contributed by atoms with Crippen molar-refractivity contribution in [1.82, 2.24) is 0 Å². The zero-order chi connectivity index (χ0) is 20.4. The molecule has 0 heterocycles. The number of hydrogen-bond acceptors (Lipinski definition) is 3. The van der Waals surface area contributed by atoms with Gasteiger partial charge in [0.25, 0.3) is 0 Å². The van der Waals surface area contributed by atoms with Crippen molar-refractivity contribution in [2.45, 2.75) is 85.2 Å². The molecule has 27 heavy (non-hydrogen) atoms. The van der Waals surface area contributed by atoms with E-state index in [2.05, 4.69) is 24.8 Å². The molecule has 0 saturated heterocycles. The quantitative estimate of drug-likeness (QED) is 0.314. The summed E-state index contributed by atoms with van der Waals surface area (Å²) >= 11 is 0. The number of carboxylic acid groups (broad SMARTS) is 1. The molecule has 0 aromatic rings. The van der Waals surface area contributed by atoms with Gasteiger partial charge in [-0.2, -0.15) is 0 Å². The zero-order valence-corrected chi connectivity index (χ0v) is 17.3. The normalized spacial score (nSPS) is 24.0. The summed E-state index contributed by atoms with van der Waals surface area (Å²) in [7, 11) is 0. The molecule has 0 amide bonds. The Morgan fingerprint density at radius 1 is 1.30 bits per heavy atom. The number of aliphatic hydroxyl groups is 1. The van der Waals surface area contributed by atoms with Gasteiger partial charge in [-0.15, -0.1) is 11.8 Å². The summed E-state index contributed by atoms with van der Waals surface area (Å²) in [6, 6.07) is 0. The fraction of sp³-hybridized carbons (Fsp3) is 0.739. The second kappa shape index (κ2) is 11.3. The SMILES string of the molecule is CC#CCC(C)(C)[C@H](O)C=C[C@H]1[C@H](C)CC(=O)[C@@H]1CCCCCCC(=O)O. The minimum atomic E-state index is -0.744. The van der Waals surface area contributed by atoms with Gasteiger partial charge in [-0.05, 0) is 31.6 Å². The first kappa shape index (κ1) is 23.4. The third-order valence-electron chi connectivity index (χ3n) is 5.75. The van der Waals surface area contributed by atoms with Crippen LogP contribution in [0.2, 0.25) is 0 Å². The lowest BCUT2D eigenvalue weighted by Gasteiger charge is -2.27. The van der Waals surface area contributed by atoms with Crippen LogP contribution in [0.15, 0.2) is 12.2 Å². The minimum absolute atomic E-state index is 0.0291. The van der Waals surface area contributed by atoms with Gasteiger partial charge in [0, 0.05) is 30.6 Å². The predicted molar refractivity (Wildman–Crippen MR) is 108 cm³/mol. The Hall–Kier alpha value is -1.60. The molecule has 4 heteroatoms. The molecule has 1 fully saturated rings. The molecule has 0 spiro atoms. The maximum absolute atomic E-state index is 12.4. The minimum Gasteiger partial charge on any atom is -0.481 e. The van der Waals surface area contributed by atoms with Gasteiger partial charge in [0.05, 0.1) is 6.10 Å². The van der Waals surface area contributed by atoms with E-state index in [1.165, 1.54) is 0 Å². The molecule has 2 N–H and O–H groups in total. The van der Waals surface area contributed by atoms with Gasteiger partial charge in [-0.1, -0.05) is 52.2 Å². The summed E-state index contributed by atoms with van der Waals surface area (Å²) in [5, 5.41) is 19.2. The molecule has 1 aliphatic rings. The van der Waals surface area contributed by atoms with E-state index in [0.717, 1.165) is 25.7 Å². The van der Waals surface area contributed by atoms with Crippen LogP contribution in [-0.2, 0) is 9.59 Å². The number of carbonyl (C=O) groups excluding carboxylic acids is 1. The predicted octanol–water partition coefficient (Wildman–Crippen LogP) is 4.61. The number of ketones is 1. The number of unbranched alkanes of at least 4 members (excludes halogenated alkanes) is 3. The first-order valence-corrected chi connectivity index (χ1v) is 10.2. The lowest BCUT2D eigenvalue weighted by Crippen LogP contribution is -2.27. The Kier molecular flexibility index (Phi) is 9.80. The van der Waals surface area contributed by atoms with Crippen LogP contribution in [0.25, 0.3) is 0 Å². The summed E-state index contributed by atoms with van der Waals surface area (Å²) in [5.41, 5.74) is -0.314. The average molecular weight is 377 g/mol. The van der Waals surface area contributed by atoms with E-state index in [9.17, 15) is 14.7 Å². The van der Waals surface area contributed by atoms with Gasteiger partial charge < -0.3 is 10.2 Å². The Labute approximate surface area is 164 Å². The number of Topliss-reactive ketones (excluding diaryl/α,β-unsaturated/α-hetero) is 1. The molecule has 0 radical (unpaired) electrons. The van der Waals surface area contributed by atoms with Gasteiger partial charge in [0.15, 0.2) is 0 Å². The van der Waals surface area contributed by atoms with Gasteiger partial charge >= 0.3 is 5.97 Å². The maximum atomic E-state index is 12.4. The maximum Gasteiger partial charge on any atom is 0.303 e. The fourth-order valence-electron chi connectivity index (χ4n) is 3.80. The highest BCUT2D eigenvalue weighted by Gasteiger charge is 2.38. The molecule has 4 nitrogen and oxygen atoms in total. The monoisotopic (exact) mass is 376 g/mol. The van der Waals surface area contributed by atoms with E-state index in [1.807, 2.05) is 19.9 Å². The van der Waals surface area contributed by atoms with Crippen molar-refractivity contribution in [3.05, 3.63) is 12.2 Å². The molecule has 0 unspecified atom stereocenters. The number of aliphatic carboxylic acids is 1. The van der Waals surface area contributed by atoms with Gasteiger partial charge in [-0.25, -0.2) is 0 Å². The second-order valence-corrected chi connectivity index (χ2v) is 8.60. The number of carboxylic acids is 1.